The van der Waals surface area contributed by atoms with Crippen LogP contribution in [0.4, 0.5) is 13.2 Å². The van der Waals surface area contributed by atoms with Crippen LogP contribution in [-0.4, -0.2) is 22.4 Å². The van der Waals surface area contributed by atoms with Gasteiger partial charge in [-0.25, -0.2) is 4.98 Å². The van der Waals surface area contributed by atoms with E-state index in [0.717, 1.165) is 47.4 Å². The molecule has 0 aliphatic heterocycles. The fourth-order valence-corrected chi connectivity index (χ4v) is 3.50. The van der Waals surface area contributed by atoms with Crippen LogP contribution in [0.5, 0.6) is 0 Å². The van der Waals surface area contributed by atoms with Gasteiger partial charge in [0.05, 0.1) is 16.6 Å². The van der Waals surface area contributed by atoms with E-state index in [1.807, 2.05) is 24.3 Å². The van der Waals surface area contributed by atoms with Crippen molar-refractivity contribution in [3.8, 4) is 0 Å². The summed E-state index contributed by atoms with van der Waals surface area (Å²) in [7, 11) is 0. The Morgan fingerprint density at radius 2 is 1.89 bits per heavy atom. The summed E-state index contributed by atoms with van der Waals surface area (Å²) in [6.07, 6.45) is -2.15. The third-order valence-corrected chi connectivity index (χ3v) is 5.12. The minimum Gasteiger partial charge on any atom is -0.356 e. The lowest BCUT2D eigenvalue weighted by Crippen LogP contribution is -2.26. The molecule has 1 aliphatic carbocycles. The number of alkyl halides is 3. The van der Waals surface area contributed by atoms with Crippen molar-refractivity contribution < 1.29 is 18.0 Å². The highest BCUT2D eigenvalue weighted by molar-refractivity contribution is 5.82. The molecule has 146 valence electrons. The molecule has 0 saturated heterocycles. The van der Waals surface area contributed by atoms with Crippen LogP contribution in [0, 0.1) is 5.92 Å². The van der Waals surface area contributed by atoms with Gasteiger partial charge >= 0.3 is 6.18 Å². The molecule has 1 aliphatic rings. The highest BCUT2D eigenvalue weighted by Crippen LogP contribution is 2.47. The monoisotopic (exact) mass is 387 g/mol. The van der Waals surface area contributed by atoms with E-state index in [-0.39, 0.29) is 17.7 Å². The zero-order valence-electron chi connectivity index (χ0n) is 15.1. The maximum absolute atomic E-state index is 12.6. The van der Waals surface area contributed by atoms with E-state index in [0.29, 0.717) is 13.0 Å². The SMILES string of the molecule is O=C(NCCCc1nc2ccccc2[nH]1)C1CC1c1ccc(C(F)(F)F)cc1. The van der Waals surface area contributed by atoms with Crippen molar-refractivity contribution in [2.75, 3.05) is 6.54 Å². The summed E-state index contributed by atoms with van der Waals surface area (Å²) in [5.74, 6) is 0.722. The Kier molecular flexibility index (Phi) is 4.83. The van der Waals surface area contributed by atoms with Gasteiger partial charge in [0, 0.05) is 18.9 Å². The zero-order valence-corrected chi connectivity index (χ0v) is 15.1. The Morgan fingerprint density at radius 1 is 1.14 bits per heavy atom. The van der Waals surface area contributed by atoms with E-state index in [2.05, 4.69) is 15.3 Å². The second-order valence-corrected chi connectivity index (χ2v) is 7.16. The number of hydrogen-bond acceptors (Lipinski definition) is 2. The van der Waals surface area contributed by atoms with Gasteiger partial charge in [0.15, 0.2) is 0 Å². The molecule has 1 saturated carbocycles. The second-order valence-electron chi connectivity index (χ2n) is 7.16. The first-order chi connectivity index (χ1) is 13.4. The van der Waals surface area contributed by atoms with Gasteiger partial charge in [-0.1, -0.05) is 24.3 Å². The predicted molar refractivity (Wildman–Crippen MR) is 99.7 cm³/mol. The van der Waals surface area contributed by atoms with Gasteiger partial charge in [-0.15, -0.1) is 0 Å². The van der Waals surface area contributed by atoms with Crippen molar-refractivity contribution in [1.29, 1.82) is 0 Å². The van der Waals surface area contributed by atoms with Crippen LogP contribution in [0.15, 0.2) is 48.5 Å². The normalized spacial score (nSPS) is 19.0. The summed E-state index contributed by atoms with van der Waals surface area (Å²) in [4.78, 5) is 20.0. The molecule has 0 radical (unpaired) electrons. The first kappa shape index (κ1) is 18.5. The first-order valence-electron chi connectivity index (χ1n) is 9.30. The summed E-state index contributed by atoms with van der Waals surface area (Å²) < 4.78 is 37.9. The number of imidazole rings is 1. The van der Waals surface area contributed by atoms with Crippen LogP contribution in [0.2, 0.25) is 0 Å². The van der Waals surface area contributed by atoms with Crippen LogP contribution in [0.3, 0.4) is 0 Å². The lowest BCUT2D eigenvalue weighted by molar-refractivity contribution is -0.137. The third kappa shape index (κ3) is 4.03. The Morgan fingerprint density at radius 3 is 2.61 bits per heavy atom. The number of nitrogens with zero attached hydrogens (tertiary/aromatic N) is 1. The number of rotatable bonds is 6. The van der Waals surface area contributed by atoms with Gasteiger partial charge in [-0.3, -0.25) is 4.79 Å². The molecule has 2 N–H and O–H groups in total. The smallest absolute Gasteiger partial charge is 0.356 e. The number of fused-ring (bicyclic) bond motifs is 1. The van der Waals surface area contributed by atoms with Crippen molar-refractivity contribution >= 4 is 16.9 Å². The minimum atomic E-state index is -4.33. The second kappa shape index (κ2) is 7.30. The molecule has 0 spiro atoms. The van der Waals surface area contributed by atoms with E-state index in [9.17, 15) is 18.0 Å². The lowest BCUT2D eigenvalue weighted by atomic mass is 10.1. The molecule has 1 heterocycles. The summed E-state index contributed by atoms with van der Waals surface area (Å²) in [6.45, 7) is 0.548. The van der Waals surface area contributed by atoms with Crippen molar-refractivity contribution in [3.05, 3.63) is 65.5 Å². The van der Waals surface area contributed by atoms with Gasteiger partial charge in [-0.2, -0.15) is 13.2 Å². The van der Waals surface area contributed by atoms with Crippen LogP contribution < -0.4 is 5.32 Å². The molecular weight excluding hydrogens is 367 g/mol. The van der Waals surface area contributed by atoms with Crippen molar-refractivity contribution in [1.82, 2.24) is 15.3 Å². The third-order valence-electron chi connectivity index (χ3n) is 5.12. The molecule has 7 heteroatoms. The van der Waals surface area contributed by atoms with Crippen molar-refractivity contribution in [2.24, 2.45) is 5.92 Å². The lowest BCUT2D eigenvalue weighted by Gasteiger charge is -2.08. The highest BCUT2D eigenvalue weighted by Gasteiger charge is 2.44. The largest absolute Gasteiger partial charge is 0.416 e. The average molecular weight is 387 g/mol. The number of nitrogens with one attached hydrogen (secondary N) is 2. The van der Waals surface area contributed by atoms with E-state index < -0.39 is 11.7 Å². The number of amides is 1. The zero-order chi connectivity index (χ0) is 19.7. The average Bonchev–Trinajstić information content (AvgIpc) is 3.37. The molecule has 1 fully saturated rings. The summed E-state index contributed by atoms with van der Waals surface area (Å²) in [5, 5.41) is 2.92. The maximum Gasteiger partial charge on any atom is 0.416 e. The molecule has 2 unspecified atom stereocenters. The highest BCUT2D eigenvalue weighted by atomic mass is 19.4. The van der Waals surface area contributed by atoms with E-state index in [4.69, 9.17) is 0 Å². The Bertz CT molecular complexity index is 945. The van der Waals surface area contributed by atoms with Gasteiger partial charge < -0.3 is 10.3 Å². The number of hydrogen-bond donors (Lipinski definition) is 2. The quantitative estimate of drug-likeness (QED) is 0.615. The number of aryl methyl sites for hydroxylation is 1. The Balaban J connectivity index is 1.23. The number of benzene rings is 2. The topological polar surface area (TPSA) is 57.8 Å². The molecule has 1 aromatic heterocycles. The van der Waals surface area contributed by atoms with Crippen molar-refractivity contribution in [2.45, 2.75) is 31.4 Å². The standard InChI is InChI=1S/C21H20F3N3O/c22-21(23,24)14-9-7-13(8-10-14)15-12-16(15)20(28)25-11-3-6-19-26-17-4-1-2-5-18(17)27-19/h1-2,4-5,7-10,15-16H,3,6,11-12H2,(H,25,28)(H,26,27). The number of carbonyl (C=O) groups is 1. The molecule has 4 nitrogen and oxygen atoms in total. The number of H-pyrrole nitrogens is 1. The van der Waals surface area contributed by atoms with E-state index >= 15 is 0 Å². The number of halogens is 3. The van der Waals surface area contributed by atoms with Gasteiger partial charge in [0.2, 0.25) is 5.91 Å². The summed E-state index contributed by atoms with van der Waals surface area (Å²) in [5.41, 5.74) is 2.05. The van der Waals surface area contributed by atoms with Gasteiger partial charge in [0.1, 0.15) is 5.82 Å². The summed E-state index contributed by atoms with van der Waals surface area (Å²) >= 11 is 0. The van der Waals surface area contributed by atoms with Crippen LogP contribution in [-0.2, 0) is 17.4 Å². The fraction of sp³-hybridized carbons (Fsp3) is 0.333. The number of para-hydroxylation sites is 2. The first-order valence-corrected chi connectivity index (χ1v) is 9.30. The van der Waals surface area contributed by atoms with E-state index in [1.54, 1.807) is 0 Å². The molecule has 3 aromatic rings. The Labute approximate surface area is 160 Å². The Hall–Kier alpha value is -2.83. The van der Waals surface area contributed by atoms with Crippen LogP contribution in [0.1, 0.15) is 35.7 Å². The molecule has 28 heavy (non-hydrogen) atoms. The number of carbonyl (C=O) groups excluding carboxylic acids is 1. The maximum atomic E-state index is 12.6. The molecular formula is C21H20F3N3O. The van der Waals surface area contributed by atoms with Gasteiger partial charge in [-0.05, 0) is 48.6 Å². The molecule has 0 bridgehead atoms. The molecule has 1 amide bonds. The molecule has 4 rings (SSSR count). The van der Waals surface area contributed by atoms with Gasteiger partial charge in [0.25, 0.3) is 0 Å². The molecule has 2 atom stereocenters. The van der Waals surface area contributed by atoms with E-state index in [1.165, 1.54) is 12.1 Å². The number of aromatic nitrogens is 2. The van der Waals surface area contributed by atoms with Crippen LogP contribution in [0.25, 0.3) is 11.0 Å². The fourth-order valence-electron chi connectivity index (χ4n) is 3.50. The van der Waals surface area contributed by atoms with Crippen molar-refractivity contribution in [3.63, 3.8) is 0 Å². The van der Waals surface area contributed by atoms with Crippen LogP contribution >= 0.6 is 0 Å². The number of aromatic amines is 1. The predicted octanol–water partition coefficient (Wildman–Crippen LogP) is 4.43. The minimum absolute atomic E-state index is 0.0117. The summed E-state index contributed by atoms with van der Waals surface area (Å²) in [6, 6.07) is 12.9. The molecule has 2 aromatic carbocycles.